The van der Waals surface area contributed by atoms with E-state index in [9.17, 15) is 19.6 Å². The number of rotatable bonds is 11. The van der Waals surface area contributed by atoms with E-state index in [2.05, 4.69) is 21.2 Å². The third kappa shape index (κ3) is 6.35. The van der Waals surface area contributed by atoms with Crippen LogP contribution in [0.1, 0.15) is 37.8 Å². The molecule has 2 rings (SSSR count). The van der Waals surface area contributed by atoms with Crippen LogP contribution in [0.3, 0.4) is 0 Å². The monoisotopic (exact) mass is 440 g/mol. The number of hydrogen-bond acceptors (Lipinski definition) is 7. The molecule has 0 fully saturated rings. The van der Waals surface area contributed by atoms with Gasteiger partial charge in [-0.25, -0.2) is 4.79 Å². The highest BCUT2D eigenvalue weighted by Crippen LogP contribution is 2.24. The molecular formula is C22H26N5O5+. The Bertz CT molecular complexity index is 1080. The molecule has 168 valence electrons. The highest BCUT2D eigenvalue weighted by molar-refractivity contribution is 6.25. The highest BCUT2D eigenvalue weighted by atomic mass is 16.5. The van der Waals surface area contributed by atoms with Crippen LogP contribution in [0.25, 0.3) is 10.9 Å². The molecule has 0 spiro atoms. The number of nitrogens with zero attached hydrogens (tertiary/aromatic N) is 2. The highest BCUT2D eigenvalue weighted by Gasteiger charge is 2.29. The molecular weight excluding hydrogens is 414 g/mol. The standard InChI is InChI=1S/C22H25N5O5/c1-13(2)32-22(30)18(8-7-16(28)12-26-24)27-21(29)19(31-3)9-15-11-25-17-6-4-5-14(10-23)20(15)17/h4-6,11-13,18-19,24-25H,7-9H2,1-3H3/p+1/t18-,19-/m0/s1. The Labute approximate surface area is 185 Å². The SMILES string of the molecule is CO[C@@H](Cc1c[nH]c2cccc(C#N)c12)C(=O)N[C@@H](CCC(=O)C=[N+]=N)C(=O)OC(C)C. The molecule has 2 atom stereocenters. The predicted octanol–water partition coefficient (Wildman–Crippen LogP) is 1.69. The van der Waals surface area contributed by atoms with Crippen LogP contribution in [-0.2, 0) is 30.3 Å². The Morgan fingerprint density at radius 2 is 2.09 bits per heavy atom. The third-order valence-electron chi connectivity index (χ3n) is 4.73. The van der Waals surface area contributed by atoms with E-state index in [1.165, 1.54) is 7.11 Å². The average Bonchev–Trinajstić information content (AvgIpc) is 3.17. The second-order valence-corrected chi connectivity index (χ2v) is 7.39. The van der Waals surface area contributed by atoms with Crippen molar-refractivity contribution in [1.82, 2.24) is 10.3 Å². The van der Waals surface area contributed by atoms with Crippen molar-refractivity contribution in [3.8, 4) is 6.07 Å². The van der Waals surface area contributed by atoms with Crippen molar-refractivity contribution in [1.29, 1.82) is 10.8 Å². The summed E-state index contributed by atoms with van der Waals surface area (Å²) in [7, 11) is 1.37. The first-order valence-electron chi connectivity index (χ1n) is 10.1. The maximum atomic E-state index is 12.9. The number of carbonyl (C=O) groups excluding carboxylic acids is 3. The number of aromatic nitrogens is 1. The van der Waals surface area contributed by atoms with E-state index < -0.39 is 35.9 Å². The number of hydrogen-bond donors (Lipinski definition) is 3. The number of esters is 1. The lowest BCUT2D eigenvalue weighted by atomic mass is 10.0. The molecule has 0 radical (unpaired) electrons. The van der Waals surface area contributed by atoms with Gasteiger partial charge < -0.3 is 19.8 Å². The van der Waals surface area contributed by atoms with Gasteiger partial charge in [-0.05, 0) is 38.0 Å². The van der Waals surface area contributed by atoms with Gasteiger partial charge in [0.2, 0.25) is 11.7 Å². The van der Waals surface area contributed by atoms with Crippen LogP contribution in [0.5, 0.6) is 0 Å². The predicted molar refractivity (Wildman–Crippen MR) is 114 cm³/mol. The first-order chi connectivity index (χ1) is 15.3. The molecule has 1 aromatic heterocycles. The topological polar surface area (TPSA) is 159 Å². The van der Waals surface area contributed by atoms with E-state index in [0.717, 1.165) is 17.3 Å². The van der Waals surface area contributed by atoms with Crippen LogP contribution in [0.2, 0.25) is 0 Å². The fourth-order valence-corrected chi connectivity index (χ4v) is 3.24. The van der Waals surface area contributed by atoms with Gasteiger partial charge >= 0.3 is 12.2 Å². The minimum Gasteiger partial charge on any atom is -0.461 e. The Morgan fingerprint density at radius 3 is 2.72 bits per heavy atom. The molecule has 0 saturated carbocycles. The number of ether oxygens (including phenoxy) is 2. The molecule has 2 aromatic rings. The van der Waals surface area contributed by atoms with E-state index in [-0.39, 0.29) is 19.3 Å². The largest absolute Gasteiger partial charge is 0.461 e. The van der Waals surface area contributed by atoms with Crippen LogP contribution >= 0.6 is 0 Å². The summed E-state index contributed by atoms with van der Waals surface area (Å²) in [4.78, 5) is 43.0. The van der Waals surface area contributed by atoms with Crippen LogP contribution < -0.4 is 5.32 Å². The van der Waals surface area contributed by atoms with Gasteiger partial charge in [-0.2, -0.15) is 5.26 Å². The molecule has 32 heavy (non-hydrogen) atoms. The fourth-order valence-electron chi connectivity index (χ4n) is 3.24. The molecule has 0 bridgehead atoms. The summed E-state index contributed by atoms with van der Waals surface area (Å²) in [5.74, 6) is -1.66. The van der Waals surface area contributed by atoms with Crippen molar-refractivity contribution in [3.63, 3.8) is 0 Å². The number of fused-ring (bicyclic) bond motifs is 1. The third-order valence-corrected chi connectivity index (χ3v) is 4.73. The minimum absolute atomic E-state index is 0.00968. The zero-order valence-corrected chi connectivity index (χ0v) is 18.2. The van der Waals surface area contributed by atoms with E-state index in [1.807, 2.05) is 6.07 Å². The Morgan fingerprint density at radius 1 is 1.34 bits per heavy atom. The lowest BCUT2D eigenvalue weighted by Crippen LogP contribution is -2.48. The Balaban J connectivity index is 2.19. The summed E-state index contributed by atoms with van der Waals surface area (Å²) in [5.41, 5.74) is 8.68. The number of nitrogens with one attached hydrogen (secondary N) is 3. The Hall–Kier alpha value is -3.80. The lowest BCUT2D eigenvalue weighted by Gasteiger charge is -2.21. The quantitative estimate of drug-likeness (QED) is 0.209. The zero-order chi connectivity index (χ0) is 23.7. The summed E-state index contributed by atoms with van der Waals surface area (Å²) < 4.78 is 10.6. The zero-order valence-electron chi connectivity index (χ0n) is 18.2. The van der Waals surface area contributed by atoms with Crippen LogP contribution in [-0.4, -0.2) is 59.0 Å². The Kier molecular flexibility index (Phi) is 8.83. The van der Waals surface area contributed by atoms with Crippen molar-refractivity contribution in [2.75, 3.05) is 7.11 Å². The van der Waals surface area contributed by atoms with Crippen molar-refractivity contribution < 1.29 is 28.6 Å². The molecule has 0 unspecified atom stereocenters. The summed E-state index contributed by atoms with van der Waals surface area (Å²) in [6.07, 6.45) is 1.28. The molecule has 1 aromatic carbocycles. The number of nitriles is 1. The van der Waals surface area contributed by atoms with Gasteiger partial charge in [0.15, 0.2) is 0 Å². The van der Waals surface area contributed by atoms with E-state index >= 15 is 0 Å². The van der Waals surface area contributed by atoms with Crippen LogP contribution in [0.4, 0.5) is 0 Å². The lowest BCUT2D eigenvalue weighted by molar-refractivity contribution is -0.152. The molecule has 10 heteroatoms. The van der Waals surface area contributed by atoms with Gasteiger partial charge in [-0.1, -0.05) is 6.07 Å². The number of H-pyrrole nitrogens is 1. The molecule has 0 aliphatic rings. The van der Waals surface area contributed by atoms with Crippen LogP contribution in [0.15, 0.2) is 24.4 Å². The van der Waals surface area contributed by atoms with Gasteiger partial charge in [0.25, 0.3) is 0 Å². The molecule has 0 saturated heterocycles. The second-order valence-electron chi connectivity index (χ2n) is 7.39. The first-order valence-corrected chi connectivity index (χ1v) is 10.1. The van der Waals surface area contributed by atoms with E-state index in [0.29, 0.717) is 10.9 Å². The van der Waals surface area contributed by atoms with Gasteiger partial charge in [-0.15, -0.1) is 0 Å². The minimum atomic E-state index is -1.07. The van der Waals surface area contributed by atoms with Crippen molar-refractivity contribution in [2.45, 2.75) is 51.4 Å². The molecule has 1 heterocycles. The van der Waals surface area contributed by atoms with Crippen molar-refractivity contribution in [2.24, 2.45) is 0 Å². The van der Waals surface area contributed by atoms with Gasteiger partial charge in [0.1, 0.15) is 12.1 Å². The number of benzene rings is 1. The summed E-state index contributed by atoms with van der Waals surface area (Å²) >= 11 is 0. The molecule has 1 amide bonds. The van der Waals surface area contributed by atoms with Gasteiger partial charge in [0, 0.05) is 37.1 Å². The fraction of sp³-hybridized carbons (Fsp3) is 0.409. The maximum absolute atomic E-state index is 12.9. The summed E-state index contributed by atoms with van der Waals surface area (Å²) in [6, 6.07) is 6.36. The number of ketones is 1. The molecule has 0 aliphatic heterocycles. The molecule has 3 N–H and O–H groups in total. The number of carbonyl (C=O) groups is 3. The van der Waals surface area contributed by atoms with Crippen molar-refractivity contribution in [3.05, 3.63) is 35.5 Å². The van der Waals surface area contributed by atoms with Crippen molar-refractivity contribution >= 4 is 34.8 Å². The number of amides is 1. The van der Waals surface area contributed by atoms with Gasteiger partial charge in [-0.3, -0.25) is 9.59 Å². The van der Waals surface area contributed by atoms with Crippen LogP contribution in [0, 0.1) is 16.9 Å². The summed E-state index contributed by atoms with van der Waals surface area (Å²) in [5, 5.41) is 12.7. The molecule has 10 nitrogen and oxygen atoms in total. The van der Waals surface area contributed by atoms with E-state index in [1.54, 1.807) is 32.2 Å². The first kappa shape index (κ1) is 24.5. The maximum Gasteiger partial charge on any atom is 0.372 e. The average molecular weight is 440 g/mol. The second kappa shape index (κ2) is 11.6. The smallest absolute Gasteiger partial charge is 0.372 e. The molecule has 0 aliphatic carbocycles. The normalized spacial score (nSPS) is 12.5. The van der Waals surface area contributed by atoms with Gasteiger partial charge in [0.05, 0.1) is 28.1 Å². The number of aromatic amines is 1. The summed E-state index contributed by atoms with van der Waals surface area (Å²) in [6.45, 7) is 3.35. The van der Waals surface area contributed by atoms with E-state index in [4.69, 9.17) is 15.0 Å². The number of Topliss-reactive ketones (excluding diaryl/α,β-unsaturated/α-hetero) is 1. The number of methoxy groups -OCH3 is 1.